The lowest BCUT2D eigenvalue weighted by molar-refractivity contribution is 0.115. The first-order valence-corrected chi connectivity index (χ1v) is 8.17. The lowest BCUT2D eigenvalue weighted by Crippen LogP contribution is -2.33. The lowest BCUT2D eigenvalue weighted by atomic mass is 10.1. The molecule has 0 aliphatic carbocycles. The van der Waals surface area contributed by atoms with Gasteiger partial charge in [0.05, 0.1) is 11.8 Å². The van der Waals surface area contributed by atoms with Crippen molar-refractivity contribution in [2.75, 3.05) is 18.1 Å². The highest BCUT2D eigenvalue weighted by atomic mass is 19.1. The number of aromatic nitrogens is 2. The summed E-state index contributed by atoms with van der Waals surface area (Å²) in [5, 5.41) is 0. The number of anilines is 1. The van der Waals surface area contributed by atoms with Crippen LogP contribution in [0.3, 0.4) is 0 Å². The van der Waals surface area contributed by atoms with Crippen LogP contribution >= 0.6 is 0 Å². The predicted octanol–water partition coefficient (Wildman–Crippen LogP) is 3.36. The minimum absolute atomic E-state index is 0.137. The third-order valence-electron chi connectivity index (χ3n) is 4.14. The molecule has 0 N–H and O–H groups in total. The Kier molecular flexibility index (Phi) is 5.18. The SMILES string of the molecule is CCc1ncnc(N(Cc2ccccc2)CC2CCCO2)c1F. The number of halogens is 1. The number of rotatable bonds is 6. The van der Waals surface area contributed by atoms with Crippen LogP contribution in [0.25, 0.3) is 0 Å². The Morgan fingerprint density at radius 1 is 1.26 bits per heavy atom. The minimum Gasteiger partial charge on any atom is -0.376 e. The molecule has 1 aromatic carbocycles. The molecule has 3 rings (SSSR count). The summed E-state index contributed by atoms with van der Waals surface area (Å²) < 4.78 is 20.4. The van der Waals surface area contributed by atoms with E-state index in [0.717, 1.165) is 25.0 Å². The van der Waals surface area contributed by atoms with Gasteiger partial charge in [-0.2, -0.15) is 0 Å². The first-order valence-electron chi connectivity index (χ1n) is 8.17. The molecule has 5 heteroatoms. The molecule has 2 heterocycles. The van der Waals surface area contributed by atoms with Crippen molar-refractivity contribution in [3.63, 3.8) is 0 Å². The predicted molar refractivity (Wildman–Crippen MR) is 87.8 cm³/mol. The van der Waals surface area contributed by atoms with Crippen LogP contribution in [0.15, 0.2) is 36.7 Å². The lowest BCUT2D eigenvalue weighted by Gasteiger charge is -2.27. The van der Waals surface area contributed by atoms with E-state index in [-0.39, 0.29) is 11.9 Å². The monoisotopic (exact) mass is 315 g/mol. The first-order chi connectivity index (χ1) is 11.3. The van der Waals surface area contributed by atoms with Gasteiger partial charge < -0.3 is 9.64 Å². The van der Waals surface area contributed by atoms with Crippen molar-refractivity contribution in [1.82, 2.24) is 9.97 Å². The van der Waals surface area contributed by atoms with Gasteiger partial charge in [-0.3, -0.25) is 0 Å². The molecule has 23 heavy (non-hydrogen) atoms. The van der Waals surface area contributed by atoms with Gasteiger partial charge in [-0.1, -0.05) is 37.3 Å². The third-order valence-corrected chi connectivity index (χ3v) is 4.14. The molecule has 4 nitrogen and oxygen atoms in total. The van der Waals surface area contributed by atoms with Gasteiger partial charge in [0.2, 0.25) is 0 Å². The van der Waals surface area contributed by atoms with Crippen molar-refractivity contribution in [3.05, 3.63) is 53.7 Å². The van der Waals surface area contributed by atoms with Crippen molar-refractivity contribution in [2.24, 2.45) is 0 Å². The molecule has 2 aromatic rings. The highest BCUT2D eigenvalue weighted by Gasteiger charge is 2.23. The summed E-state index contributed by atoms with van der Waals surface area (Å²) in [5.41, 5.74) is 1.59. The third kappa shape index (κ3) is 3.85. The van der Waals surface area contributed by atoms with E-state index in [1.807, 2.05) is 42.2 Å². The molecule has 1 aromatic heterocycles. The van der Waals surface area contributed by atoms with E-state index in [1.165, 1.54) is 6.33 Å². The fourth-order valence-corrected chi connectivity index (χ4v) is 2.93. The van der Waals surface area contributed by atoms with E-state index in [1.54, 1.807) is 0 Å². The molecule has 1 atom stereocenters. The zero-order chi connectivity index (χ0) is 16.1. The number of hydrogen-bond acceptors (Lipinski definition) is 4. The molecule has 0 saturated carbocycles. The maximum atomic E-state index is 14.7. The van der Waals surface area contributed by atoms with Gasteiger partial charge in [-0.05, 0) is 24.8 Å². The molecule has 0 amide bonds. The van der Waals surface area contributed by atoms with Crippen LogP contribution in [0.4, 0.5) is 10.2 Å². The Bertz CT molecular complexity index is 629. The van der Waals surface area contributed by atoms with Gasteiger partial charge in [-0.25, -0.2) is 14.4 Å². The Hall–Kier alpha value is -2.01. The van der Waals surface area contributed by atoms with E-state index in [4.69, 9.17) is 4.74 Å². The molecule has 0 spiro atoms. The van der Waals surface area contributed by atoms with E-state index in [0.29, 0.717) is 31.0 Å². The quantitative estimate of drug-likeness (QED) is 0.819. The molecule has 122 valence electrons. The van der Waals surface area contributed by atoms with Crippen LogP contribution in [0.5, 0.6) is 0 Å². The van der Waals surface area contributed by atoms with E-state index in [2.05, 4.69) is 9.97 Å². The molecular formula is C18H22FN3O. The maximum Gasteiger partial charge on any atom is 0.187 e. The van der Waals surface area contributed by atoms with Gasteiger partial charge in [0.15, 0.2) is 11.6 Å². The number of ether oxygens (including phenoxy) is 1. The average Bonchev–Trinajstić information content (AvgIpc) is 3.08. The smallest absolute Gasteiger partial charge is 0.187 e. The van der Waals surface area contributed by atoms with Crippen molar-refractivity contribution in [1.29, 1.82) is 0 Å². The fourth-order valence-electron chi connectivity index (χ4n) is 2.93. The summed E-state index contributed by atoms with van der Waals surface area (Å²) in [6.45, 7) is 3.94. The minimum atomic E-state index is -0.316. The molecule has 1 aliphatic rings. The summed E-state index contributed by atoms with van der Waals surface area (Å²) in [6, 6.07) is 10.1. The van der Waals surface area contributed by atoms with Crippen molar-refractivity contribution in [2.45, 2.75) is 38.8 Å². The second kappa shape index (κ2) is 7.51. The first kappa shape index (κ1) is 15.9. The standard InChI is InChI=1S/C18H22FN3O/c1-2-16-17(19)18(21-13-20-16)22(12-15-9-6-10-23-15)11-14-7-4-3-5-8-14/h3-5,7-8,13,15H,2,6,9-12H2,1H3. The second-order valence-electron chi connectivity index (χ2n) is 5.81. The van der Waals surface area contributed by atoms with Crippen LogP contribution < -0.4 is 4.90 Å². The van der Waals surface area contributed by atoms with Crippen LogP contribution in [-0.2, 0) is 17.7 Å². The van der Waals surface area contributed by atoms with Crippen LogP contribution in [0, 0.1) is 5.82 Å². The normalized spacial score (nSPS) is 17.4. The Morgan fingerprint density at radius 2 is 2.09 bits per heavy atom. The fraction of sp³-hybridized carbons (Fsp3) is 0.444. The van der Waals surface area contributed by atoms with Gasteiger partial charge >= 0.3 is 0 Å². The summed E-state index contributed by atoms with van der Waals surface area (Å²) in [7, 11) is 0. The Morgan fingerprint density at radius 3 is 2.78 bits per heavy atom. The molecule has 1 fully saturated rings. The number of benzene rings is 1. The summed E-state index contributed by atoms with van der Waals surface area (Å²) in [4.78, 5) is 10.2. The van der Waals surface area contributed by atoms with Gasteiger partial charge in [0, 0.05) is 19.7 Å². The number of hydrogen-bond donors (Lipinski definition) is 0. The highest BCUT2D eigenvalue weighted by Crippen LogP contribution is 2.23. The Balaban J connectivity index is 1.87. The highest BCUT2D eigenvalue weighted by molar-refractivity contribution is 5.42. The molecule has 0 bridgehead atoms. The molecule has 1 unspecified atom stereocenters. The maximum absolute atomic E-state index is 14.7. The Labute approximate surface area is 136 Å². The number of nitrogens with zero attached hydrogens (tertiary/aromatic N) is 3. The molecule has 0 radical (unpaired) electrons. The van der Waals surface area contributed by atoms with E-state index >= 15 is 0 Å². The molecular weight excluding hydrogens is 293 g/mol. The van der Waals surface area contributed by atoms with Gasteiger partial charge in [-0.15, -0.1) is 0 Å². The van der Waals surface area contributed by atoms with Crippen LogP contribution in [0.2, 0.25) is 0 Å². The van der Waals surface area contributed by atoms with Crippen molar-refractivity contribution in [3.8, 4) is 0 Å². The summed E-state index contributed by atoms with van der Waals surface area (Å²) >= 11 is 0. The summed E-state index contributed by atoms with van der Waals surface area (Å²) in [6.07, 6.45) is 4.22. The van der Waals surface area contributed by atoms with Crippen LogP contribution in [-0.4, -0.2) is 29.2 Å². The number of aryl methyl sites for hydroxylation is 1. The largest absolute Gasteiger partial charge is 0.376 e. The zero-order valence-electron chi connectivity index (χ0n) is 13.4. The second-order valence-corrected chi connectivity index (χ2v) is 5.81. The van der Waals surface area contributed by atoms with Crippen LogP contribution in [0.1, 0.15) is 31.0 Å². The van der Waals surface area contributed by atoms with Crippen molar-refractivity contribution < 1.29 is 9.13 Å². The van der Waals surface area contributed by atoms with Gasteiger partial charge in [0.1, 0.15) is 6.33 Å². The van der Waals surface area contributed by atoms with Gasteiger partial charge in [0.25, 0.3) is 0 Å². The molecule has 1 aliphatic heterocycles. The zero-order valence-corrected chi connectivity index (χ0v) is 13.4. The molecule has 1 saturated heterocycles. The van der Waals surface area contributed by atoms with E-state index < -0.39 is 0 Å². The summed E-state index contributed by atoms with van der Waals surface area (Å²) in [5.74, 6) is 0.0557. The average molecular weight is 315 g/mol. The van der Waals surface area contributed by atoms with Crippen molar-refractivity contribution >= 4 is 5.82 Å². The van der Waals surface area contributed by atoms with E-state index in [9.17, 15) is 4.39 Å². The topological polar surface area (TPSA) is 38.2 Å².